The summed E-state index contributed by atoms with van der Waals surface area (Å²) in [6, 6.07) is 70.7. The predicted molar refractivity (Wildman–Crippen MR) is 454 cm³/mol. The third-order valence-electron chi connectivity index (χ3n) is 21.8. The molecule has 10 aromatic carbocycles. The van der Waals surface area contributed by atoms with E-state index in [0.717, 1.165) is 109 Å². The maximum absolute atomic E-state index is 15.0. The average Bonchev–Trinajstić information content (AvgIpc) is 1.55. The summed E-state index contributed by atoms with van der Waals surface area (Å²) in [5.74, 6) is -10.3. The topological polar surface area (TPSA) is 316 Å². The van der Waals surface area contributed by atoms with Crippen molar-refractivity contribution in [1.29, 1.82) is 0 Å². The number of esters is 7. The van der Waals surface area contributed by atoms with Crippen molar-refractivity contribution in [3.63, 3.8) is 0 Å². The van der Waals surface area contributed by atoms with Crippen LogP contribution in [0.3, 0.4) is 0 Å². The van der Waals surface area contributed by atoms with E-state index in [1.807, 2.05) is 123 Å². The molecule has 0 fully saturated rings. The molecular formula is C100H90O23. The van der Waals surface area contributed by atoms with Gasteiger partial charge in [-0.25, -0.2) is 33.6 Å². The quantitative estimate of drug-likeness (QED) is 0.0106. The van der Waals surface area contributed by atoms with Crippen LogP contribution in [0.1, 0.15) is 124 Å². The highest BCUT2D eigenvalue weighted by atomic mass is 16.6. The van der Waals surface area contributed by atoms with Gasteiger partial charge in [-0.1, -0.05) is 221 Å². The maximum atomic E-state index is 15.0. The Labute approximate surface area is 710 Å². The van der Waals surface area contributed by atoms with Gasteiger partial charge in [0, 0.05) is 24.8 Å². The van der Waals surface area contributed by atoms with Gasteiger partial charge in [-0.05, 0) is 165 Å². The Morgan fingerprint density at radius 1 is 0.407 bits per heavy atom. The summed E-state index contributed by atoms with van der Waals surface area (Å²) in [5, 5.41) is 31.3. The highest BCUT2D eigenvalue weighted by Gasteiger charge is 2.48. The Morgan fingerprint density at radius 2 is 0.772 bits per heavy atom. The highest BCUT2D eigenvalue weighted by molar-refractivity contribution is 6.06. The molecule has 3 aliphatic rings. The summed E-state index contributed by atoms with van der Waals surface area (Å²) in [5.41, 5.74) is 9.74. The van der Waals surface area contributed by atoms with Crippen LogP contribution in [0, 0.1) is 18.8 Å². The predicted octanol–water partition coefficient (Wildman–Crippen LogP) is 15.8. The Balaban J connectivity index is 0.754. The number of aryl methyl sites for hydroxylation is 1. The number of carbonyl (C=O) groups is 9. The number of benzene rings is 10. The van der Waals surface area contributed by atoms with E-state index in [4.69, 9.17) is 52.1 Å². The van der Waals surface area contributed by atoms with Crippen molar-refractivity contribution in [2.75, 3.05) is 59.5 Å². The minimum absolute atomic E-state index is 0.124. The summed E-state index contributed by atoms with van der Waals surface area (Å²) >= 11 is 0. The number of unbranched alkanes of at least 4 members (excludes halogenated alkanes) is 1. The van der Waals surface area contributed by atoms with Crippen molar-refractivity contribution in [3.8, 4) is 50.6 Å². The number of hydrogen-bond donors (Lipinski definition) is 3. The molecule has 6 unspecified atom stereocenters. The molecule has 13 rings (SSSR count). The second kappa shape index (κ2) is 39.7. The van der Waals surface area contributed by atoms with Gasteiger partial charge in [0.1, 0.15) is 69.6 Å². The summed E-state index contributed by atoms with van der Waals surface area (Å²) in [6.45, 7) is 11.4. The average molecular weight is 1660 g/mol. The Bertz CT molecular complexity index is 5540. The van der Waals surface area contributed by atoms with Gasteiger partial charge in [0.2, 0.25) is 0 Å². The van der Waals surface area contributed by atoms with Crippen LogP contribution in [0.15, 0.2) is 281 Å². The third kappa shape index (κ3) is 19.3. The van der Waals surface area contributed by atoms with E-state index in [9.17, 15) is 58.5 Å². The molecule has 0 radical (unpaired) electrons. The molecule has 123 heavy (non-hydrogen) atoms. The summed E-state index contributed by atoms with van der Waals surface area (Å²) in [7, 11) is 0. The van der Waals surface area contributed by atoms with E-state index < -0.39 is 157 Å². The highest BCUT2D eigenvalue weighted by Crippen LogP contribution is 2.58. The van der Waals surface area contributed by atoms with E-state index in [1.165, 1.54) is 30.3 Å². The van der Waals surface area contributed by atoms with E-state index in [-0.39, 0.29) is 48.5 Å². The normalized spacial score (nSPS) is 15.0. The van der Waals surface area contributed by atoms with Gasteiger partial charge in [0.15, 0.2) is 18.3 Å². The number of carbonyl (C=O) groups excluding carboxylic acids is 7. The Morgan fingerprint density at radius 3 is 1.15 bits per heavy atom. The molecule has 23 nitrogen and oxygen atoms in total. The number of aliphatic hydroxyl groups excluding tert-OH is 1. The number of aromatic carboxylic acids is 1. The molecule has 0 amide bonds. The van der Waals surface area contributed by atoms with Crippen LogP contribution in [-0.2, 0) is 72.7 Å². The van der Waals surface area contributed by atoms with Crippen LogP contribution >= 0.6 is 0 Å². The van der Waals surface area contributed by atoms with E-state index in [0.29, 0.717) is 18.1 Å². The summed E-state index contributed by atoms with van der Waals surface area (Å²) in [4.78, 5) is 120. The zero-order chi connectivity index (χ0) is 86.7. The number of hydrogen-bond acceptors (Lipinski definition) is 21. The zero-order valence-corrected chi connectivity index (χ0v) is 67.6. The van der Waals surface area contributed by atoms with E-state index in [1.54, 1.807) is 48.6 Å². The van der Waals surface area contributed by atoms with Crippen molar-refractivity contribution in [2.45, 2.75) is 74.8 Å². The third-order valence-corrected chi connectivity index (χ3v) is 21.8. The molecule has 23 heteroatoms. The van der Waals surface area contributed by atoms with Gasteiger partial charge in [-0.3, -0.25) is 9.59 Å². The number of allylic oxidation sites excluding steroid dienone is 2. The second-order valence-corrected chi connectivity index (χ2v) is 29.7. The fourth-order valence-electron chi connectivity index (χ4n) is 15.8. The van der Waals surface area contributed by atoms with Gasteiger partial charge < -0.3 is 67.4 Å². The first-order valence-corrected chi connectivity index (χ1v) is 40.2. The molecule has 628 valence electrons. The number of carboxylic acid groups (broad SMARTS) is 2. The molecule has 0 saturated heterocycles. The first-order chi connectivity index (χ1) is 59.7. The van der Waals surface area contributed by atoms with Crippen molar-refractivity contribution >= 4 is 53.7 Å². The van der Waals surface area contributed by atoms with Gasteiger partial charge in [0.25, 0.3) is 0 Å². The molecule has 0 saturated carbocycles. The van der Waals surface area contributed by atoms with Crippen molar-refractivity contribution < 1.29 is 111 Å². The SMILES string of the molecule is C=CC(=O)OCC(COc1ccc(C2(c3ccc(OCC(COC(=O)C=C)OC(=O)C4CC=CCC4C(=O)O)cc3)c3ccccc3-c3ccccc32)cc1)OC(=O)c1cc(-c2ccc(C(=O)OCC(O)COCCCC)c(C(=O)OC(COC(=O)C=C)COc3ccc(C4(c5ccc(C)cc5)c5ccccc5-c5ccccc54)cc3)c2)ccc1C(=O)O. The van der Waals surface area contributed by atoms with Gasteiger partial charge in [-0.2, -0.15) is 0 Å². The number of rotatable bonds is 39. The smallest absolute Gasteiger partial charge is 0.339 e. The van der Waals surface area contributed by atoms with E-state index in [2.05, 4.69) is 68.3 Å². The number of carboxylic acids is 2. The lowest BCUT2D eigenvalue weighted by Gasteiger charge is -2.34. The zero-order valence-electron chi connectivity index (χ0n) is 67.6. The summed E-state index contributed by atoms with van der Waals surface area (Å²) < 4.78 is 64.0. The van der Waals surface area contributed by atoms with Crippen LogP contribution in [0.25, 0.3) is 33.4 Å². The molecule has 0 aromatic heterocycles. The van der Waals surface area contributed by atoms with Crippen LogP contribution in [0.4, 0.5) is 0 Å². The molecule has 3 aliphatic carbocycles. The fourth-order valence-corrected chi connectivity index (χ4v) is 15.8. The van der Waals surface area contributed by atoms with Crippen LogP contribution in [-0.4, -0.2) is 153 Å². The first kappa shape index (κ1) is 86.6. The van der Waals surface area contributed by atoms with Crippen molar-refractivity contribution in [3.05, 3.63) is 353 Å². The molecule has 6 atom stereocenters. The van der Waals surface area contributed by atoms with Crippen LogP contribution in [0.2, 0.25) is 0 Å². The number of aliphatic hydroxyl groups is 1. The lowest BCUT2D eigenvalue weighted by Crippen LogP contribution is -2.37. The monoisotopic (exact) mass is 1660 g/mol. The van der Waals surface area contributed by atoms with Crippen molar-refractivity contribution in [1.82, 2.24) is 0 Å². The Hall–Kier alpha value is -14.3. The van der Waals surface area contributed by atoms with Crippen molar-refractivity contribution in [2.24, 2.45) is 11.8 Å². The number of aliphatic carboxylic acids is 1. The molecular weight excluding hydrogens is 1570 g/mol. The lowest BCUT2D eigenvalue weighted by molar-refractivity contribution is -0.167. The molecule has 3 N–H and O–H groups in total. The van der Waals surface area contributed by atoms with E-state index >= 15 is 0 Å². The van der Waals surface area contributed by atoms with Gasteiger partial charge in [0.05, 0.1) is 51.5 Å². The lowest BCUT2D eigenvalue weighted by atomic mass is 9.67. The second-order valence-electron chi connectivity index (χ2n) is 29.7. The first-order valence-electron chi connectivity index (χ1n) is 40.2. The largest absolute Gasteiger partial charge is 0.490 e. The maximum Gasteiger partial charge on any atom is 0.339 e. The molecule has 0 heterocycles. The summed E-state index contributed by atoms with van der Waals surface area (Å²) in [6.07, 6.45) is 2.95. The number of ether oxygens (including phenoxy) is 11. The molecule has 0 spiro atoms. The minimum atomic E-state index is -1.53. The minimum Gasteiger partial charge on any atom is -0.490 e. The fraction of sp³-hybridized carbons (Fsp3) is 0.230. The van der Waals surface area contributed by atoms with Crippen LogP contribution < -0.4 is 14.2 Å². The van der Waals surface area contributed by atoms with Crippen LogP contribution in [0.5, 0.6) is 17.2 Å². The molecule has 0 bridgehead atoms. The molecule has 10 aromatic rings. The number of fused-ring (bicyclic) bond motifs is 6. The van der Waals surface area contributed by atoms with Gasteiger partial charge >= 0.3 is 53.7 Å². The Kier molecular flexibility index (Phi) is 28.0. The standard InChI is InChI=1S/C100H90O23/c1-6-10-51-113-54-69(101)55-120-95(109)83-50-34-64(53-85(83)98(112)123-75(61-119-92(104)9-4)58-116-71-43-37-66(38-44-71)99(65-35-31-62(5)32-36-65)86-27-17-13-21-76(86)77-22-14-18-28-87(77)99)63-33-49-81(94(107)108)84(52-63)97(111)122-74(60-118-91(103)8-3)57-115-72-47-41-68(42-48-72)100(88-29-19-15-23-78(88)79-24-16-20-30-89(79)100)67-39-45-70(46-40-67)114-56-73(59-117-90(102)7-2)121-96(110)82-26-12-11-25-80(82)93(105)106/h7-9,11-24,27-50,52-53,69,73-75,80,82,101H,2-4,6,10,25-26,51,54-61H2,1,5H3,(H,105,106)(H,107,108). The molecule has 0 aliphatic heterocycles. The van der Waals surface area contributed by atoms with Gasteiger partial charge in [-0.15, -0.1) is 0 Å².